The molecule has 0 spiro atoms. The summed E-state index contributed by atoms with van der Waals surface area (Å²) in [5.74, 6) is 0.428. The van der Waals surface area contributed by atoms with Crippen LogP contribution in [0.25, 0.3) is 0 Å². The number of allylic oxidation sites excluding steroid dienone is 1. The lowest BCUT2D eigenvalue weighted by Gasteiger charge is -2.24. The summed E-state index contributed by atoms with van der Waals surface area (Å²) in [6.45, 7) is 5.70. The molecule has 0 atom stereocenters. The zero-order valence-corrected chi connectivity index (χ0v) is 12.7. The number of rotatable bonds is 2. The van der Waals surface area contributed by atoms with E-state index in [-0.39, 0.29) is 5.97 Å². The average molecular weight is 272 g/mol. The van der Waals surface area contributed by atoms with E-state index in [2.05, 4.69) is 30.3 Å². The van der Waals surface area contributed by atoms with Crippen LogP contribution in [0.4, 0.5) is 0 Å². The van der Waals surface area contributed by atoms with E-state index >= 15 is 0 Å². The highest BCUT2D eigenvalue weighted by molar-refractivity contribution is 5.83. The van der Waals surface area contributed by atoms with Gasteiger partial charge in [-0.3, -0.25) is 0 Å². The minimum atomic E-state index is -0.407. The Labute approximate surface area is 121 Å². The van der Waals surface area contributed by atoms with Crippen LogP contribution in [-0.2, 0) is 9.53 Å². The third-order valence-corrected chi connectivity index (χ3v) is 3.63. The Morgan fingerprint density at radius 3 is 2.30 bits per heavy atom. The number of hydrogen-bond donors (Lipinski definition) is 0. The standard InChI is InChI=1S/C18H24O2/c1-18(2,3)20-17(19)13-14-9-11-16(12-10-14)15-7-5-4-6-8-15/h4-8,13,16H,9-12H2,1-3H3. The molecule has 0 amide bonds. The smallest absolute Gasteiger partial charge is 0.331 e. The largest absolute Gasteiger partial charge is 0.457 e. The number of carbonyl (C=O) groups is 1. The molecule has 108 valence electrons. The van der Waals surface area contributed by atoms with Crippen LogP contribution in [0.15, 0.2) is 42.0 Å². The van der Waals surface area contributed by atoms with Crippen molar-refractivity contribution in [1.82, 2.24) is 0 Å². The van der Waals surface area contributed by atoms with E-state index in [1.54, 1.807) is 6.08 Å². The van der Waals surface area contributed by atoms with Crippen molar-refractivity contribution in [3.63, 3.8) is 0 Å². The van der Waals surface area contributed by atoms with Crippen LogP contribution >= 0.6 is 0 Å². The lowest BCUT2D eigenvalue weighted by atomic mass is 9.81. The topological polar surface area (TPSA) is 26.3 Å². The summed E-state index contributed by atoms with van der Waals surface area (Å²) in [6, 6.07) is 10.7. The zero-order chi connectivity index (χ0) is 14.6. The van der Waals surface area contributed by atoms with Gasteiger partial charge in [-0.15, -0.1) is 0 Å². The van der Waals surface area contributed by atoms with E-state index in [9.17, 15) is 4.79 Å². The lowest BCUT2D eigenvalue weighted by Crippen LogP contribution is -2.23. The van der Waals surface area contributed by atoms with Gasteiger partial charge in [0.2, 0.25) is 0 Å². The monoisotopic (exact) mass is 272 g/mol. The normalized spacial score (nSPS) is 19.6. The average Bonchev–Trinajstić information content (AvgIpc) is 2.38. The maximum Gasteiger partial charge on any atom is 0.331 e. The van der Waals surface area contributed by atoms with E-state index in [1.807, 2.05) is 20.8 Å². The highest BCUT2D eigenvalue weighted by atomic mass is 16.6. The van der Waals surface area contributed by atoms with E-state index in [0.29, 0.717) is 5.92 Å². The van der Waals surface area contributed by atoms with Crippen molar-refractivity contribution in [2.45, 2.75) is 58.0 Å². The quantitative estimate of drug-likeness (QED) is 0.580. The summed E-state index contributed by atoms with van der Waals surface area (Å²) >= 11 is 0. The SMILES string of the molecule is CC(C)(C)OC(=O)C=C1CCC(c2ccccc2)CC1. The van der Waals surface area contributed by atoms with Crippen LogP contribution in [0.3, 0.4) is 0 Å². The maximum atomic E-state index is 11.8. The molecule has 20 heavy (non-hydrogen) atoms. The second-order valence-electron chi connectivity index (χ2n) is 6.52. The first-order valence-electron chi connectivity index (χ1n) is 7.41. The van der Waals surface area contributed by atoms with Gasteiger partial charge in [-0.25, -0.2) is 4.79 Å². The summed E-state index contributed by atoms with van der Waals surface area (Å²) in [6.07, 6.45) is 5.95. The molecule has 2 nitrogen and oxygen atoms in total. The van der Waals surface area contributed by atoms with Gasteiger partial charge in [-0.05, 0) is 57.9 Å². The summed E-state index contributed by atoms with van der Waals surface area (Å²) in [5.41, 5.74) is 2.24. The van der Waals surface area contributed by atoms with Gasteiger partial charge < -0.3 is 4.74 Å². The lowest BCUT2D eigenvalue weighted by molar-refractivity contribution is -0.148. The molecule has 0 saturated heterocycles. The third-order valence-electron chi connectivity index (χ3n) is 3.63. The Morgan fingerprint density at radius 2 is 1.75 bits per heavy atom. The van der Waals surface area contributed by atoms with Gasteiger partial charge in [0.15, 0.2) is 0 Å². The number of hydrogen-bond acceptors (Lipinski definition) is 2. The molecule has 0 heterocycles. The Balaban J connectivity index is 1.90. The highest BCUT2D eigenvalue weighted by Gasteiger charge is 2.20. The molecule has 1 aliphatic rings. The summed E-state index contributed by atoms with van der Waals surface area (Å²) in [4.78, 5) is 11.8. The third kappa shape index (κ3) is 4.52. The molecular weight excluding hydrogens is 248 g/mol. The van der Waals surface area contributed by atoms with E-state index in [0.717, 1.165) is 25.7 Å². The number of benzene rings is 1. The van der Waals surface area contributed by atoms with Gasteiger partial charge in [-0.2, -0.15) is 0 Å². The fraction of sp³-hybridized carbons (Fsp3) is 0.500. The van der Waals surface area contributed by atoms with Crippen molar-refractivity contribution in [3.8, 4) is 0 Å². The first-order valence-corrected chi connectivity index (χ1v) is 7.41. The molecule has 0 bridgehead atoms. The van der Waals surface area contributed by atoms with Gasteiger partial charge in [0.25, 0.3) is 0 Å². The van der Waals surface area contributed by atoms with E-state index < -0.39 is 5.60 Å². The van der Waals surface area contributed by atoms with Gasteiger partial charge in [0.05, 0.1) is 0 Å². The molecule has 0 radical (unpaired) electrons. The van der Waals surface area contributed by atoms with Crippen LogP contribution in [0.1, 0.15) is 57.9 Å². The fourth-order valence-electron chi connectivity index (χ4n) is 2.69. The zero-order valence-electron chi connectivity index (χ0n) is 12.7. The van der Waals surface area contributed by atoms with Gasteiger partial charge in [-0.1, -0.05) is 35.9 Å². The second kappa shape index (κ2) is 6.25. The van der Waals surface area contributed by atoms with Crippen LogP contribution in [0, 0.1) is 0 Å². The van der Waals surface area contributed by atoms with Crippen LogP contribution in [0.5, 0.6) is 0 Å². The highest BCUT2D eigenvalue weighted by Crippen LogP contribution is 2.35. The summed E-state index contributed by atoms with van der Waals surface area (Å²) in [7, 11) is 0. The van der Waals surface area contributed by atoms with Crippen molar-refractivity contribution in [3.05, 3.63) is 47.5 Å². The van der Waals surface area contributed by atoms with Crippen molar-refractivity contribution < 1.29 is 9.53 Å². The van der Waals surface area contributed by atoms with Crippen LogP contribution in [0.2, 0.25) is 0 Å². The molecular formula is C18H24O2. The first-order chi connectivity index (χ1) is 9.44. The van der Waals surface area contributed by atoms with Gasteiger partial charge in [0, 0.05) is 6.08 Å². The summed E-state index contributed by atoms with van der Waals surface area (Å²) < 4.78 is 5.34. The minimum absolute atomic E-state index is 0.203. The van der Waals surface area contributed by atoms with Gasteiger partial charge >= 0.3 is 5.97 Å². The molecule has 1 aromatic carbocycles. The second-order valence-corrected chi connectivity index (χ2v) is 6.52. The van der Waals surface area contributed by atoms with Crippen molar-refractivity contribution >= 4 is 5.97 Å². The predicted molar refractivity (Wildman–Crippen MR) is 81.6 cm³/mol. The summed E-state index contributed by atoms with van der Waals surface area (Å²) in [5, 5.41) is 0. The Hall–Kier alpha value is -1.57. The molecule has 1 saturated carbocycles. The van der Waals surface area contributed by atoms with E-state index in [4.69, 9.17) is 4.74 Å². The van der Waals surface area contributed by atoms with Crippen LogP contribution < -0.4 is 0 Å². The molecule has 1 aliphatic carbocycles. The molecule has 0 aliphatic heterocycles. The van der Waals surface area contributed by atoms with Gasteiger partial charge in [0.1, 0.15) is 5.60 Å². The Kier molecular flexibility index (Phi) is 4.64. The van der Waals surface area contributed by atoms with Crippen molar-refractivity contribution in [2.24, 2.45) is 0 Å². The molecule has 2 rings (SSSR count). The Morgan fingerprint density at radius 1 is 1.15 bits per heavy atom. The first kappa shape index (κ1) is 14.8. The van der Waals surface area contributed by atoms with Crippen molar-refractivity contribution in [2.75, 3.05) is 0 Å². The predicted octanol–water partition coefficient (Wildman–Crippen LogP) is 4.61. The Bertz CT molecular complexity index is 470. The molecule has 0 N–H and O–H groups in total. The molecule has 2 heteroatoms. The van der Waals surface area contributed by atoms with Crippen molar-refractivity contribution in [1.29, 1.82) is 0 Å². The molecule has 1 aromatic rings. The number of carbonyl (C=O) groups excluding carboxylic acids is 1. The number of esters is 1. The molecule has 0 unspecified atom stereocenters. The molecule has 1 fully saturated rings. The van der Waals surface area contributed by atoms with E-state index in [1.165, 1.54) is 11.1 Å². The number of ether oxygens (including phenoxy) is 1. The minimum Gasteiger partial charge on any atom is -0.457 e. The fourth-order valence-corrected chi connectivity index (χ4v) is 2.69. The maximum absolute atomic E-state index is 11.8. The van der Waals surface area contributed by atoms with Crippen LogP contribution in [-0.4, -0.2) is 11.6 Å². The molecule has 0 aromatic heterocycles.